The average molecular weight is 570 g/mol. The third kappa shape index (κ3) is 4.90. The van der Waals surface area contributed by atoms with E-state index < -0.39 is 28.7 Å². The number of hydrogen-bond donors (Lipinski definition) is 2. The van der Waals surface area contributed by atoms with E-state index in [1.165, 1.54) is 5.56 Å². The van der Waals surface area contributed by atoms with Crippen LogP contribution in [-0.2, 0) is 28.8 Å². The largest absolute Gasteiger partial charge is 0.384 e. The molecule has 2 aromatic heterocycles. The summed E-state index contributed by atoms with van der Waals surface area (Å²) in [5.74, 6) is -1.77. The zero-order valence-corrected chi connectivity index (χ0v) is 24.4. The number of benzene rings is 2. The van der Waals surface area contributed by atoms with E-state index in [4.69, 9.17) is 0 Å². The summed E-state index contributed by atoms with van der Waals surface area (Å²) < 4.78 is 18.0. The van der Waals surface area contributed by atoms with Crippen molar-refractivity contribution in [1.82, 2.24) is 25.0 Å². The number of carbonyl (C=O) groups excluding carboxylic acids is 2. The van der Waals surface area contributed by atoms with E-state index in [-0.39, 0.29) is 23.3 Å². The smallest absolute Gasteiger partial charge is 0.234 e. The second kappa shape index (κ2) is 10.4. The predicted octanol–water partition coefficient (Wildman–Crippen LogP) is 4.72. The molecule has 42 heavy (non-hydrogen) atoms. The number of halogens is 1. The number of aromatic nitrogens is 3. The van der Waals surface area contributed by atoms with Gasteiger partial charge >= 0.3 is 0 Å². The summed E-state index contributed by atoms with van der Waals surface area (Å²) in [7, 11) is 1.92. The van der Waals surface area contributed by atoms with Crippen LogP contribution in [0.5, 0.6) is 0 Å². The van der Waals surface area contributed by atoms with Crippen molar-refractivity contribution in [3.63, 3.8) is 0 Å². The topological polar surface area (TPSA) is 100 Å². The molecule has 0 saturated carbocycles. The molecule has 0 bridgehead atoms. The number of fused-ring (bicyclic) bond motifs is 1. The number of nitrogens with zero attached hydrogens (tertiary/aromatic N) is 4. The van der Waals surface area contributed by atoms with Crippen molar-refractivity contribution in [1.29, 1.82) is 0 Å². The van der Waals surface area contributed by atoms with Crippen LogP contribution in [0.2, 0.25) is 0 Å². The summed E-state index contributed by atoms with van der Waals surface area (Å²) >= 11 is 0. The van der Waals surface area contributed by atoms with Crippen molar-refractivity contribution in [3.05, 3.63) is 83.1 Å². The van der Waals surface area contributed by atoms with Gasteiger partial charge in [-0.1, -0.05) is 44.2 Å². The molecule has 2 atom stereocenters. The number of imide groups is 1. The molecule has 9 heteroatoms. The van der Waals surface area contributed by atoms with E-state index in [0.29, 0.717) is 37.0 Å². The van der Waals surface area contributed by atoms with Gasteiger partial charge in [-0.2, -0.15) is 5.10 Å². The van der Waals surface area contributed by atoms with Gasteiger partial charge in [-0.15, -0.1) is 0 Å². The molecule has 0 spiro atoms. The summed E-state index contributed by atoms with van der Waals surface area (Å²) in [5.41, 5.74) is 3.62. The second-order valence-electron chi connectivity index (χ2n) is 12.5. The summed E-state index contributed by atoms with van der Waals surface area (Å²) in [5, 5.41) is 19.1. The third-order valence-corrected chi connectivity index (χ3v) is 9.12. The van der Waals surface area contributed by atoms with Crippen LogP contribution < -0.4 is 5.32 Å². The molecular formula is C33H36FN5O3. The van der Waals surface area contributed by atoms with Crippen molar-refractivity contribution in [2.24, 2.45) is 12.5 Å². The predicted molar refractivity (Wildman–Crippen MR) is 158 cm³/mol. The van der Waals surface area contributed by atoms with Gasteiger partial charge in [-0.05, 0) is 48.6 Å². The maximum Gasteiger partial charge on any atom is 0.234 e. The van der Waals surface area contributed by atoms with Crippen molar-refractivity contribution in [3.8, 4) is 11.1 Å². The van der Waals surface area contributed by atoms with Gasteiger partial charge in [0, 0.05) is 67.4 Å². The molecule has 0 aliphatic carbocycles. The van der Waals surface area contributed by atoms with Crippen LogP contribution in [0.1, 0.15) is 61.4 Å². The van der Waals surface area contributed by atoms with Gasteiger partial charge in [-0.3, -0.25) is 29.5 Å². The van der Waals surface area contributed by atoms with E-state index in [0.717, 1.165) is 23.4 Å². The van der Waals surface area contributed by atoms with Crippen molar-refractivity contribution < 1.29 is 19.1 Å². The molecule has 6 rings (SSSR count). The number of rotatable bonds is 5. The maximum atomic E-state index is 16.2. The summed E-state index contributed by atoms with van der Waals surface area (Å²) in [6.07, 6.45) is 4.56. The molecule has 2 fully saturated rings. The zero-order chi connectivity index (χ0) is 29.8. The fourth-order valence-electron chi connectivity index (χ4n) is 6.69. The number of aliphatic hydroxyl groups is 1. The molecule has 2 aromatic carbocycles. The SMILES string of the molecule is Cc1nn(C)cc1-c1ccc(CN2CCC(O)(c3ccc4ncc(C5CCC(=O)NC5=O)cc4c3F)C(C)(C)C2)cc1. The Bertz CT molecular complexity index is 1700. The van der Waals surface area contributed by atoms with Crippen LogP contribution in [0.4, 0.5) is 4.39 Å². The highest BCUT2D eigenvalue weighted by atomic mass is 19.1. The average Bonchev–Trinajstić information content (AvgIpc) is 3.29. The number of likely N-dealkylation sites (tertiary alicyclic amines) is 1. The second-order valence-corrected chi connectivity index (χ2v) is 12.5. The molecule has 4 heterocycles. The monoisotopic (exact) mass is 569 g/mol. The van der Waals surface area contributed by atoms with E-state index in [2.05, 4.69) is 44.6 Å². The van der Waals surface area contributed by atoms with Gasteiger partial charge in [0.05, 0.1) is 22.7 Å². The number of nitrogens with one attached hydrogen (secondary N) is 1. The van der Waals surface area contributed by atoms with Crippen molar-refractivity contribution >= 4 is 22.7 Å². The summed E-state index contributed by atoms with van der Waals surface area (Å²) in [6, 6.07) is 13.5. The number of pyridine rings is 1. The van der Waals surface area contributed by atoms with Crippen LogP contribution >= 0.6 is 0 Å². The van der Waals surface area contributed by atoms with Crippen LogP contribution in [-0.4, -0.2) is 49.7 Å². The van der Waals surface area contributed by atoms with E-state index in [9.17, 15) is 14.7 Å². The number of aryl methyl sites for hydroxylation is 2. The van der Waals surface area contributed by atoms with Crippen molar-refractivity contribution in [2.75, 3.05) is 13.1 Å². The molecule has 2 aliphatic rings. The molecule has 8 nitrogen and oxygen atoms in total. The first kappa shape index (κ1) is 28.2. The molecule has 4 aromatic rings. The third-order valence-electron chi connectivity index (χ3n) is 9.12. The molecule has 2 N–H and O–H groups in total. The van der Waals surface area contributed by atoms with Gasteiger partial charge in [-0.25, -0.2) is 4.39 Å². The highest BCUT2D eigenvalue weighted by Crippen LogP contribution is 2.48. The van der Waals surface area contributed by atoms with Gasteiger partial charge in [0.2, 0.25) is 11.8 Å². The Kier molecular flexibility index (Phi) is 6.98. The minimum atomic E-state index is -1.39. The summed E-state index contributed by atoms with van der Waals surface area (Å²) in [6.45, 7) is 7.89. The standard InChI is InChI=1S/C33H36FN5O3/c1-20-26(18-38(4)37-20)22-7-5-21(6-8-22)17-39-14-13-33(42,32(2,3)19-39)27-10-11-28-25(30(27)34)15-23(16-35-28)24-9-12-29(40)36-31(24)41/h5-8,10-11,15-16,18,24,42H,9,12-14,17,19H2,1-4H3,(H,36,40,41). The molecule has 218 valence electrons. The first-order chi connectivity index (χ1) is 19.9. The number of piperidine rings is 2. The van der Waals surface area contributed by atoms with Crippen molar-refractivity contribution in [2.45, 2.75) is 58.1 Å². The zero-order valence-electron chi connectivity index (χ0n) is 24.4. The van der Waals surface area contributed by atoms with Crippen LogP contribution in [0.15, 0.2) is 54.9 Å². The minimum absolute atomic E-state index is 0.232. The van der Waals surface area contributed by atoms with Gasteiger partial charge < -0.3 is 5.11 Å². The molecule has 0 radical (unpaired) electrons. The first-order valence-electron chi connectivity index (χ1n) is 14.4. The number of amides is 2. The van der Waals surface area contributed by atoms with Crippen LogP contribution in [0.25, 0.3) is 22.0 Å². The first-order valence-corrected chi connectivity index (χ1v) is 14.4. The quantitative estimate of drug-likeness (QED) is 0.338. The maximum absolute atomic E-state index is 16.2. The Balaban J connectivity index is 1.22. The van der Waals surface area contributed by atoms with Gasteiger partial charge in [0.25, 0.3) is 0 Å². The Morgan fingerprint density at radius 3 is 2.57 bits per heavy atom. The van der Waals surface area contributed by atoms with Gasteiger partial charge in [0.1, 0.15) is 5.82 Å². The lowest BCUT2D eigenvalue weighted by atomic mass is 9.66. The number of hydrogen-bond acceptors (Lipinski definition) is 6. The Hall–Kier alpha value is -3.95. The molecule has 2 saturated heterocycles. The fraction of sp³-hybridized carbons (Fsp3) is 0.394. The molecule has 2 amide bonds. The van der Waals surface area contributed by atoms with E-state index in [1.54, 1.807) is 24.4 Å². The Labute approximate surface area is 244 Å². The molecule has 2 unspecified atom stereocenters. The van der Waals surface area contributed by atoms with Gasteiger partial charge in [0.15, 0.2) is 0 Å². The normalized spacial score (nSPS) is 22.9. The highest BCUT2D eigenvalue weighted by molar-refractivity contribution is 6.01. The highest BCUT2D eigenvalue weighted by Gasteiger charge is 2.50. The Morgan fingerprint density at radius 2 is 1.90 bits per heavy atom. The molecule has 2 aliphatic heterocycles. The van der Waals surface area contributed by atoms with Crippen LogP contribution in [0.3, 0.4) is 0 Å². The lowest BCUT2D eigenvalue weighted by Gasteiger charge is -2.50. The lowest BCUT2D eigenvalue weighted by molar-refractivity contribution is -0.134. The Morgan fingerprint density at radius 1 is 1.14 bits per heavy atom. The van der Waals surface area contributed by atoms with E-state index in [1.807, 2.05) is 38.7 Å². The van der Waals surface area contributed by atoms with E-state index >= 15 is 4.39 Å². The lowest BCUT2D eigenvalue weighted by Crippen LogP contribution is -2.55. The summed E-state index contributed by atoms with van der Waals surface area (Å²) in [4.78, 5) is 30.7. The number of carbonyl (C=O) groups is 2. The van der Waals surface area contributed by atoms with Crippen LogP contribution in [0, 0.1) is 18.2 Å². The molecular weight excluding hydrogens is 533 g/mol. The minimum Gasteiger partial charge on any atom is -0.384 e. The fourth-order valence-corrected chi connectivity index (χ4v) is 6.69.